The van der Waals surface area contributed by atoms with Gasteiger partial charge in [-0.05, 0) is 6.92 Å². The first-order valence-corrected chi connectivity index (χ1v) is 4.91. The number of nitrogens with zero attached hydrogens (tertiary/aromatic N) is 1. The summed E-state index contributed by atoms with van der Waals surface area (Å²) in [6, 6.07) is 0.488. The minimum atomic E-state index is -0.0134. The van der Waals surface area contributed by atoms with Gasteiger partial charge in [0.25, 0.3) is 0 Å². The molecular weight excluding hydrogens is 170 g/mol. The Morgan fingerprint density at radius 3 is 2.69 bits per heavy atom. The summed E-state index contributed by atoms with van der Waals surface area (Å²) in [5.74, 6) is 0. The van der Waals surface area contributed by atoms with Crippen LogP contribution in [0.2, 0.25) is 0 Å². The highest BCUT2D eigenvalue weighted by Gasteiger charge is 2.24. The number of ether oxygens (including phenoxy) is 3. The third-order valence-electron chi connectivity index (χ3n) is 2.58. The number of hydrogen-bond acceptors (Lipinski definition) is 4. The van der Waals surface area contributed by atoms with Gasteiger partial charge < -0.3 is 14.2 Å². The van der Waals surface area contributed by atoms with Crippen molar-refractivity contribution in [1.82, 2.24) is 4.90 Å². The number of morpholine rings is 1. The van der Waals surface area contributed by atoms with E-state index >= 15 is 0 Å². The van der Waals surface area contributed by atoms with Crippen LogP contribution in [0.4, 0.5) is 0 Å². The van der Waals surface area contributed by atoms with E-state index in [1.165, 1.54) is 0 Å². The van der Waals surface area contributed by atoms with Gasteiger partial charge in [0, 0.05) is 19.1 Å². The van der Waals surface area contributed by atoms with Crippen LogP contribution < -0.4 is 0 Å². The molecule has 2 heterocycles. The van der Waals surface area contributed by atoms with Crippen molar-refractivity contribution in [2.24, 2.45) is 0 Å². The zero-order valence-corrected chi connectivity index (χ0v) is 8.07. The van der Waals surface area contributed by atoms with Crippen molar-refractivity contribution in [3.63, 3.8) is 0 Å². The van der Waals surface area contributed by atoms with Crippen molar-refractivity contribution < 1.29 is 14.2 Å². The third kappa shape index (κ3) is 2.40. The van der Waals surface area contributed by atoms with E-state index in [9.17, 15) is 0 Å². The van der Waals surface area contributed by atoms with E-state index in [0.29, 0.717) is 6.04 Å². The first-order chi connectivity index (χ1) is 6.36. The summed E-state index contributed by atoms with van der Waals surface area (Å²) in [6.07, 6.45) is -0.0134. The zero-order valence-electron chi connectivity index (χ0n) is 8.07. The minimum absolute atomic E-state index is 0.0134. The topological polar surface area (TPSA) is 30.9 Å². The molecule has 0 aromatic rings. The number of hydrogen-bond donors (Lipinski definition) is 0. The van der Waals surface area contributed by atoms with Crippen LogP contribution in [0.25, 0.3) is 0 Å². The molecule has 2 fully saturated rings. The molecule has 0 aliphatic carbocycles. The molecule has 0 amide bonds. The van der Waals surface area contributed by atoms with E-state index < -0.39 is 0 Å². The van der Waals surface area contributed by atoms with E-state index in [-0.39, 0.29) is 6.29 Å². The molecule has 76 valence electrons. The lowest BCUT2D eigenvalue weighted by Crippen LogP contribution is -2.47. The highest BCUT2D eigenvalue weighted by atomic mass is 16.7. The summed E-state index contributed by atoms with van der Waals surface area (Å²) in [6.45, 7) is 7.18. The minimum Gasteiger partial charge on any atom is -0.379 e. The van der Waals surface area contributed by atoms with Gasteiger partial charge in [-0.2, -0.15) is 0 Å². The van der Waals surface area contributed by atoms with Gasteiger partial charge in [0.1, 0.15) is 0 Å². The lowest BCUT2D eigenvalue weighted by Gasteiger charge is -2.34. The summed E-state index contributed by atoms with van der Waals surface area (Å²) < 4.78 is 16.2. The van der Waals surface area contributed by atoms with Crippen molar-refractivity contribution >= 4 is 0 Å². The van der Waals surface area contributed by atoms with Crippen LogP contribution >= 0.6 is 0 Å². The summed E-state index contributed by atoms with van der Waals surface area (Å²) >= 11 is 0. The Labute approximate surface area is 78.7 Å². The smallest absolute Gasteiger partial charge is 0.170 e. The van der Waals surface area contributed by atoms with E-state index in [1.807, 2.05) is 0 Å². The maximum Gasteiger partial charge on any atom is 0.170 e. The summed E-state index contributed by atoms with van der Waals surface area (Å²) in [5.41, 5.74) is 0. The molecular formula is C9H17NO3. The Bertz CT molecular complexity index is 159. The summed E-state index contributed by atoms with van der Waals surface area (Å²) in [4.78, 5) is 2.36. The first-order valence-electron chi connectivity index (χ1n) is 4.91. The molecule has 0 aromatic carbocycles. The quantitative estimate of drug-likeness (QED) is 0.612. The molecule has 1 unspecified atom stereocenters. The van der Waals surface area contributed by atoms with Gasteiger partial charge in [-0.15, -0.1) is 0 Å². The van der Waals surface area contributed by atoms with Gasteiger partial charge >= 0.3 is 0 Å². The molecule has 4 heteroatoms. The highest BCUT2D eigenvalue weighted by molar-refractivity contribution is 4.72. The predicted molar refractivity (Wildman–Crippen MR) is 47.5 cm³/mol. The molecule has 2 aliphatic heterocycles. The fourth-order valence-corrected chi connectivity index (χ4v) is 1.74. The lowest BCUT2D eigenvalue weighted by atomic mass is 10.2. The Morgan fingerprint density at radius 1 is 1.23 bits per heavy atom. The van der Waals surface area contributed by atoms with Crippen molar-refractivity contribution in [3.05, 3.63) is 0 Å². The van der Waals surface area contributed by atoms with Crippen LogP contribution in [0.3, 0.4) is 0 Å². The molecule has 2 aliphatic rings. The van der Waals surface area contributed by atoms with Crippen molar-refractivity contribution in [2.75, 3.05) is 39.5 Å². The van der Waals surface area contributed by atoms with Gasteiger partial charge in [-0.1, -0.05) is 0 Å². The molecule has 2 rings (SSSR count). The molecule has 0 N–H and O–H groups in total. The fraction of sp³-hybridized carbons (Fsp3) is 1.00. The largest absolute Gasteiger partial charge is 0.379 e. The van der Waals surface area contributed by atoms with Crippen LogP contribution in [0.15, 0.2) is 0 Å². The third-order valence-corrected chi connectivity index (χ3v) is 2.58. The average molecular weight is 187 g/mol. The Morgan fingerprint density at radius 2 is 2.00 bits per heavy atom. The Balaban J connectivity index is 1.78. The second kappa shape index (κ2) is 4.37. The molecule has 4 nitrogen and oxygen atoms in total. The van der Waals surface area contributed by atoms with Crippen molar-refractivity contribution in [2.45, 2.75) is 19.3 Å². The summed E-state index contributed by atoms with van der Waals surface area (Å²) in [7, 11) is 0. The molecule has 0 spiro atoms. The van der Waals surface area contributed by atoms with Gasteiger partial charge in [-0.3, -0.25) is 4.90 Å². The lowest BCUT2D eigenvalue weighted by molar-refractivity contribution is -0.0896. The second-order valence-corrected chi connectivity index (χ2v) is 3.59. The number of rotatable bonds is 2. The Kier molecular flexibility index (Phi) is 3.16. The highest BCUT2D eigenvalue weighted by Crippen LogP contribution is 2.11. The molecule has 1 atom stereocenters. The predicted octanol–water partition coefficient (Wildman–Crippen LogP) is 0.0800. The zero-order chi connectivity index (χ0) is 9.10. The second-order valence-electron chi connectivity index (χ2n) is 3.59. The van der Waals surface area contributed by atoms with Crippen molar-refractivity contribution in [3.8, 4) is 0 Å². The van der Waals surface area contributed by atoms with Gasteiger partial charge in [0.2, 0.25) is 0 Å². The monoisotopic (exact) mass is 187 g/mol. The van der Waals surface area contributed by atoms with Crippen LogP contribution in [0, 0.1) is 0 Å². The fourth-order valence-electron chi connectivity index (χ4n) is 1.74. The van der Waals surface area contributed by atoms with Crippen molar-refractivity contribution in [1.29, 1.82) is 0 Å². The van der Waals surface area contributed by atoms with E-state index in [4.69, 9.17) is 14.2 Å². The SMILES string of the molecule is CC1COCCN1CC1OCCO1. The Hall–Kier alpha value is -0.160. The molecule has 13 heavy (non-hydrogen) atoms. The van der Waals surface area contributed by atoms with Gasteiger partial charge in [0.05, 0.1) is 26.4 Å². The van der Waals surface area contributed by atoms with Gasteiger partial charge in [0.15, 0.2) is 6.29 Å². The molecule has 0 aromatic heterocycles. The van der Waals surface area contributed by atoms with E-state index in [1.54, 1.807) is 0 Å². The van der Waals surface area contributed by atoms with E-state index in [2.05, 4.69) is 11.8 Å². The standard InChI is InChI=1S/C9H17NO3/c1-8-7-11-3-2-10(8)6-9-12-4-5-13-9/h8-9H,2-7H2,1H3. The molecule has 0 radical (unpaired) electrons. The van der Waals surface area contributed by atoms with Crippen LogP contribution in [0.1, 0.15) is 6.92 Å². The van der Waals surface area contributed by atoms with Gasteiger partial charge in [-0.25, -0.2) is 0 Å². The van der Waals surface area contributed by atoms with Crippen LogP contribution in [-0.2, 0) is 14.2 Å². The normalized spacial score (nSPS) is 32.5. The maximum absolute atomic E-state index is 5.40. The average Bonchev–Trinajstić information content (AvgIpc) is 2.61. The van der Waals surface area contributed by atoms with Crippen LogP contribution in [-0.4, -0.2) is 56.7 Å². The molecule has 0 bridgehead atoms. The molecule has 0 saturated carbocycles. The van der Waals surface area contributed by atoms with Crippen LogP contribution in [0.5, 0.6) is 0 Å². The maximum atomic E-state index is 5.40. The van der Waals surface area contributed by atoms with E-state index in [0.717, 1.165) is 39.5 Å². The molecule has 2 saturated heterocycles. The summed E-state index contributed by atoms with van der Waals surface area (Å²) in [5, 5.41) is 0. The first kappa shape index (κ1) is 9.40.